The second-order valence-corrected chi connectivity index (χ2v) is 9.05. The van der Waals surface area contributed by atoms with Crippen molar-refractivity contribution in [3.8, 4) is 0 Å². The Balaban J connectivity index is 1.39. The topological polar surface area (TPSA) is 61.9 Å². The van der Waals surface area contributed by atoms with E-state index in [1.54, 1.807) is 18.3 Å². The molecule has 30 heavy (non-hydrogen) atoms. The molecule has 6 nitrogen and oxygen atoms in total. The molecule has 1 N–H and O–H groups in total. The molecule has 0 unspecified atom stereocenters. The predicted octanol–water partition coefficient (Wildman–Crippen LogP) is 3.75. The second kappa shape index (κ2) is 8.73. The molecule has 2 aromatic rings. The third kappa shape index (κ3) is 4.06. The minimum absolute atomic E-state index is 0.0775. The fourth-order valence-electron chi connectivity index (χ4n) is 4.06. The summed E-state index contributed by atoms with van der Waals surface area (Å²) in [5, 5.41) is 4.77. The Labute approximate surface area is 185 Å². The summed E-state index contributed by atoms with van der Waals surface area (Å²) in [5.74, 6) is -0.216. The van der Waals surface area contributed by atoms with E-state index in [-0.39, 0.29) is 11.8 Å². The lowest BCUT2D eigenvalue weighted by Crippen LogP contribution is -2.50. The van der Waals surface area contributed by atoms with Crippen molar-refractivity contribution in [1.82, 2.24) is 4.90 Å². The molecule has 2 aliphatic rings. The summed E-state index contributed by atoms with van der Waals surface area (Å²) in [6.45, 7) is 4.84. The van der Waals surface area contributed by atoms with Crippen LogP contribution in [0.5, 0.6) is 0 Å². The van der Waals surface area contributed by atoms with E-state index >= 15 is 0 Å². The van der Waals surface area contributed by atoms with Crippen LogP contribution < -0.4 is 10.2 Å². The van der Waals surface area contributed by atoms with Crippen LogP contribution in [0.2, 0.25) is 0 Å². The van der Waals surface area contributed by atoms with Gasteiger partial charge in [-0.1, -0.05) is 0 Å². The molecule has 2 heterocycles. The average molecular weight is 444 g/mol. The summed E-state index contributed by atoms with van der Waals surface area (Å²) in [5.41, 5.74) is 3.62. The summed E-state index contributed by atoms with van der Waals surface area (Å²) in [6, 6.07) is 7.75. The lowest BCUT2D eigenvalue weighted by atomic mass is 10.1. The molecule has 0 amide bonds. The van der Waals surface area contributed by atoms with E-state index in [4.69, 9.17) is 17.0 Å². The molecule has 0 atom stereocenters. The highest BCUT2D eigenvalue weighted by molar-refractivity contribution is 7.80. The van der Waals surface area contributed by atoms with Crippen LogP contribution in [0.3, 0.4) is 0 Å². The van der Waals surface area contributed by atoms with Crippen molar-refractivity contribution >= 4 is 51.1 Å². The quantitative estimate of drug-likeness (QED) is 0.439. The van der Waals surface area contributed by atoms with E-state index in [1.165, 1.54) is 12.0 Å². The van der Waals surface area contributed by atoms with Crippen molar-refractivity contribution < 1.29 is 14.3 Å². The monoisotopic (exact) mass is 443 g/mol. The number of hydrogen-bond donors (Lipinski definition) is 1. The number of rotatable bonds is 4. The lowest BCUT2D eigenvalue weighted by molar-refractivity contribution is 0.0601. The molecular weight excluding hydrogens is 418 g/mol. The highest BCUT2D eigenvalue weighted by atomic mass is 32.1. The van der Waals surface area contributed by atoms with E-state index < -0.39 is 0 Å². The fourth-order valence-corrected chi connectivity index (χ4v) is 5.69. The second-order valence-electron chi connectivity index (χ2n) is 7.56. The first-order valence-corrected chi connectivity index (χ1v) is 11.3. The minimum Gasteiger partial charge on any atom is -0.465 e. The van der Waals surface area contributed by atoms with Gasteiger partial charge in [0.15, 0.2) is 10.9 Å². The summed E-state index contributed by atoms with van der Waals surface area (Å²) in [6.07, 6.45) is 3.02. The Morgan fingerprint density at radius 2 is 1.80 bits per heavy atom. The Morgan fingerprint density at radius 1 is 1.10 bits per heavy atom. The Morgan fingerprint density at radius 3 is 2.43 bits per heavy atom. The van der Waals surface area contributed by atoms with Gasteiger partial charge in [0.25, 0.3) is 0 Å². The first-order valence-electron chi connectivity index (χ1n) is 10.1. The molecule has 0 spiro atoms. The summed E-state index contributed by atoms with van der Waals surface area (Å²) < 4.78 is 5.02. The van der Waals surface area contributed by atoms with Gasteiger partial charge in [-0.15, -0.1) is 11.3 Å². The van der Waals surface area contributed by atoms with Gasteiger partial charge in [0.1, 0.15) is 5.00 Å². The van der Waals surface area contributed by atoms with Crippen molar-refractivity contribution in [2.75, 3.05) is 43.5 Å². The largest absolute Gasteiger partial charge is 0.465 e. The van der Waals surface area contributed by atoms with Crippen LogP contribution >= 0.6 is 23.6 Å². The number of fused-ring (bicyclic) bond motifs is 1. The number of aryl methyl sites for hydroxylation is 1. The molecule has 1 aromatic carbocycles. The number of nitrogens with one attached hydrogen (secondary N) is 1. The highest BCUT2D eigenvalue weighted by Gasteiger charge is 2.28. The molecule has 1 fully saturated rings. The molecule has 8 heteroatoms. The van der Waals surface area contributed by atoms with Crippen molar-refractivity contribution in [2.24, 2.45) is 0 Å². The summed E-state index contributed by atoms with van der Waals surface area (Å²) >= 11 is 7.28. The molecule has 0 radical (unpaired) electrons. The van der Waals surface area contributed by atoms with Gasteiger partial charge in [-0.2, -0.15) is 0 Å². The molecule has 0 bridgehead atoms. The molecule has 1 aliphatic carbocycles. The van der Waals surface area contributed by atoms with Gasteiger partial charge in [-0.05, 0) is 68.2 Å². The predicted molar refractivity (Wildman–Crippen MR) is 124 cm³/mol. The van der Waals surface area contributed by atoms with Gasteiger partial charge >= 0.3 is 5.97 Å². The Bertz CT molecular complexity index is 976. The number of anilines is 2. The SMILES string of the molecule is COC(=O)c1c(NC(=S)N2CCN(c3ccc(C(C)=O)cc3)CC2)sc2c1CCC2. The van der Waals surface area contributed by atoms with Gasteiger partial charge in [0, 0.05) is 42.3 Å². The zero-order valence-electron chi connectivity index (χ0n) is 17.2. The zero-order chi connectivity index (χ0) is 21.3. The van der Waals surface area contributed by atoms with Gasteiger partial charge in [-0.25, -0.2) is 4.79 Å². The maximum atomic E-state index is 12.3. The maximum Gasteiger partial charge on any atom is 0.341 e. The fraction of sp³-hybridized carbons (Fsp3) is 0.409. The van der Waals surface area contributed by atoms with E-state index in [0.717, 1.165) is 67.3 Å². The zero-order valence-corrected chi connectivity index (χ0v) is 18.8. The first-order chi connectivity index (χ1) is 14.5. The smallest absolute Gasteiger partial charge is 0.341 e. The van der Waals surface area contributed by atoms with Crippen LogP contribution in [-0.2, 0) is 17.6 Å². The minimum atomic E-state index is -0.293. The number of carbonyl (C=O) groups is 2. The number of thiophene rings is 1. The van der Waals surface area contributed by atoms with Crippen LogP contribution in [0.15, 0.2) is 24.3 Å². The molecule has 1 saturated heterocycles. The molecule has 1 aliphatic heterocycles. The number of methoxy groups -OCH3 is 1. The van der Waals surface area contributed by atoms with Crippen LogP contribution in [0.1, 0.15) is 44.5 Å². The number of ketones is 1. The number of hydrogen-bond acceptors (Lipinski definition) is 6. The van der Waals surface area contributed by atoms with Gasteiger partial charge < -0.3 is 19.9 Å². The molecule has 1 aromatic heterocycles. The average Bonchev–Trinajstić information content (AvgIpc) is 3.34. The normalized spacial score (nSPS) is 15.7. The number of esters is 1. The van der Waals surface area contributed by atoms with E-state index in [9.17, 15) is 9.59 Å². The van der Waals surface area contributed by atoms with E-state index in [1.807, 2.05) is 24.3 Å². The van der Waals surface area contributed by atoms with Gasteiger partial charge in [0.05, 0.1) is 12.7 Å². The van der Waals surface area contributed by atoms with Crippen LogP contribution in [0.25, 0.3) is 0 Å². The summed E-state index contributed by atoms with van der Waals surface area (Å²) in [4.78, 5) is 29.5. The molecule has 4 rings (SSSR count). The standard InChI is InChI=1S/C22H25N3O3S2/c1-14(26)15-6-8-16(9-7-15)24-10-12-25(13-11-24)22(29)23-20-19(21(27)28-2)17-4-3-5-18(17)30-20/h6-9H,3-5,10-13H2,1-2H3,(H,23,29). The first kappa shape index (κ1) is 20.8. The number of ether oxygens (including phenoxy) is 1. The molecule has 158 valence electrons. The van der Waals surface area contributed by atoms with Crippen molar-refractivity contribution in [2.45, 2.75) is 26.2 Å². The van der Waals surface area contributed by atoms with Crippen molar-refractivity contribution in [3.63, 3.8) is 0 Å². The summed E-state index contributed by atoms with van der Waals surface area (Å²) in [7, 11) is 1.42. The number of piperazine rings is 1. The van der Waals surface area contributed by atoms with Crippen LogP contribution in [0, 0.1) is 0 Å². The van der Waals surface area contributed by atoms with Crippen LogP contribution in [-0.4, -0.2) is 55.1 Å². The van der Waals surface area contributed by atoms with E-state index in [0.29, 0.717) is 10.7 Å². The van der Waals surface area contributed by atoms with E-state index in [2.05, 4.69) is 15.1 Å². The number of nitrogens with zero attached hydrogens (tertiary/aromatic N) is 2. The highest BCUT2D eigenvalue weighted by Crippen LogP contribution is 2.39. The third-order valence-corrected chi connectivity index (χ3v) is 7.30. The Hall–Kier alpha value is -2.45. The number of thiocarbonyl (C=S) groups is 1. The van der Waals surface area contributed by atoms with Gasteiger partial charge in [0.2, 0.25) is 0 Å². The van der Waals surface area contributed by atoms with Gasteiger partial charge in [-0.3, -0.25) is 4.79 Å². The van der Waals surface area contributed by atoms with Crippen molar-refractivity contribution in [3.05, 3.63) is 45.8 Å². The third-order valence-electron chi connectivity index (χ3n) is 5.74. The van der Waals surface area contributed by atoms with Crippen LogP contribution in [0.4, 0.5) is 10.7 Å². The molecule has 0 saturated carbocycles. The maximum absolute atomic E-state index is 12.3. The molecular formula is C22H25N3O3S2. The Kier molecular flexibility index (Phi) is 6.06. The number of carbonyl (C=O) groups excluding carboxylic acids is 2. The van der Waals surface area contributed by atoms with Crippen molar-refractivity contribution in [1.29, 1.82) is 0 Å². The number of benzene rings is 1. The lowest BCUT2D eigenvalue weighted by Gasteiger charge is -2.37. The number of Topliss-reactive ketones (excluding diaryl/α,β-unsaturated/α-hetero) is 1.